The molecule has 1 aliphatic rings. The monoisotopic (exact) mass is 458 g/mol. The highest BCUT2D eigenvalue weighted by molar-refractivity contribution is 6.05. The summed E-state index contributed by atoms with van der Waals surface area (Å²) in [4.78, 5) is 16.7. The average Bonchev–Trinajstić information content (AvgIpc) is 3.48. The van der Waals surface area contributed by atoms with Crippen molar-refractivity contribution in [2.24, 2.45) is 5.92 Å². The summed E-state index contributed by atoms with van der Waals surface area (Å²) >= 11 is 0. The number of ether oxygens (including phenoxy) is 1. The van der Waals surface area contributed by atoms with E-state index in [1.54, 1.807) is 30.7 Å². The van der Waals surface area contributed by atoms with Gasteiger partial charge in [-0.15, -0.1) is 0 Å². The number of fused-ring (bicyclic) bond motifs is 1. The van der Waals surface area contributed by atoms with Crippen molar-refractivity contribution in [1.82, 2.24) is 14.8 Å². The van der Waals surface area contributed by atoms with Gasteiger partial charge in [-0.05, 0) is 57.2 Å². The van der Waals surface area contributed by atoms with Gasteiger partial charge >= 0.3 is 0 Å². The van der Waals surface area contributed by atoms with Crippen LogP contribution in [0.4, 0.5) is 14.5 Å². The van der Waals surface area contributed by atoms with Crippen LogP contribution in [0.3, 0.4) is 0 Å². The molecule has 0 bridgehead atoms. The predicted molar refractivity (Wildman–Crippen MR) is 121 cm³/mol. The molecule has 0 atom stereocenters. The third-order valence-electron chi connectivity index (χ3n) is 5.46. The molecule has 2 N–H and O–H groups in total. The molecule has 0 radical (unpaired) electrons. The molecule has 1 saturated carbocycles. The number of amides is 1. The van der Waals surface area contributed by atoms with E-state index in [1.807, 2.05) is 6.20 Å². The predicted octanol–water partition coefficient (Wildman–Crippen LogP) is 4.75. The number of anilines is 1. The van der Waals surface area contributed by atoms with Crippen molar-refractivity contribution in [3.8, 4) is 5.75 Å². The molecule has 1 aromatic carbocycles. The summed E-state index contributed by atoms with van der Waals surface area (Å²) in [6.07, 6.45) is 4.58. The Hall–Kier alpha value is -3.07. The minimum atomic E-state index is -3.15. The lowest BCUT2D eigenvalue weighted by Gasteiger charge is -2.16. The van der Waals surface area contributed by atoms with Gasteiger partial charge in [-0.25, -0.2) is 4.98 Å². The SMILES string of the molecule is CC(C)(O)CCn1cc2cc(NC(=O)c3cccc(C(C)(F)F)n3)c(OCC3CC3)cc2n1. The molecule has 9 heteroatoms. The second kappa shape index (κ2) is 8.70. The first-order valence-corrected chi connectivity index (χ1v) is 11.0. The number of aromatic nitrogens is 3. The Morgan fingerprint density at radius 2 is 2.03 bits per heavy atom. The summed E-state index contributed by atoms with van der Waals surface area (Å²) < 4.78 is 35.0. The molecule has 176 valence electrons. The summed E-state index contributed by atoms with van der Waals surface area (Å²) in [5.41, 5.74) is -0.273. The average molecular weight is 459 g/mol. The van der Waals surface area contributed by atoms with Gasteiger partial charge in [0.15, 0.2) is 0 Å². The third-order valence-corrected chi connectivity index (χ3v) is 5.46. The molecule has 0 unspecified atom stereocenters. The van der Waals surface area contributed by atoms with E-state index in [0.717, 1.165) is 25.2 Å². The minimum absolute atomic E-state index is 0.108. The molecule has 1 fully saturated rings. The van der Waals surface area contributed by atoms with Gasteiger partial charge in [-0.3, -0.25) is 9.48 Å². The molecular formula is C24H28F2N4O3. The molecule has 0 spiro atoms. The highest BCUT2D eigenvalue weighted by atomic mass is 19.3. The van der Waals surface area contributed by atoms with Crippen LogP contribution in [0.5, 0.6) is 5.75 Å². The van der Waals surface area contributed by atoms with Crippen molar-refractivity contribution in [2.75, 3.05) is 11.9 Å². The highest BCUT2D eigenvalue weighted by Gasteiger charge is 2.27. The lowest BCUT2D eigenvalue weighted by molar-refractivity contribution is 0.0126. The Morgan fingerprint density at radius 1 is 1.27 bits per heavy atom. The van der Waals surface area contributed by atoms with E-state index in [1.165, 1.54) is 18.2 Å². The van der Waals surface area contributed by atoms with Crippen molar-refractivity contribution < 1.29 is 23.4 Å². The van der Waals surface area contributed by atoms with E-state index >= 15 is 0 Å². The maximum atomic E-state index is 13.6. The van der Waals surface area contributed by atoms with Crippen LogP contribution in [0.1, 0.15) is 56.2 Å². The number of benzene rings is 1. The number of carbonyl (C=O) groups is 1. The van der Waals surface area contributed by atoms with Crippen molar-refractivity contribution >= 4 is 22.5 Å². The number of hydrogen-bond acceptors (Lipinski definition) is 5. The normalized spacial score (nSPS) is 14.5. The van der Waals surface area contributed by atoms with Gasteiger partial charge in [-0.1, -0.05) is 6.07 Å². The number of halogens is 2. The Labute approximate surface area is 190 Å². The van der Waals surface area contributed by atoms with Crippen LogP contribution in [0.25, 0.3) is 10.9 Å². The molecule has 1 amide bonds. The van der Waals surface area contributed by atoms with Gasteiger partial charge in [0.1, 0.15) is 17.1 Å². The van der Waals surface area contributed by atoms with E-state index in [9.17, 15) is 18.7 Å². The van der Waals surface area contributed by atoms with Crippen molar-refractivity contribution in [3.05, 3.63) is 47.9 Å². The number of nitrogens with one attached hydrogen (secondary N) is 1. The summed E-state index contributed by atoms with van der Waals surface area (Å²) in [5.74, 6) is -2.79. The Morgan fingerprint density at radius 3 is 2.70 bits per heavy atom. The van der Waals surface area contributed by atoms with Crippen molar-refractivity contribution in [1.29, 1.82) is 0 Å². The zero-order valence-corrected chi connectivity index (χ0v) is 18.9. The quantitative estimate of drug-likeness (QED) is 0.483. The summed E-state index contributed by atoms with van der Waals surface area (Å²) in [7, 11) is 0. The maximum Gasteiger partial charge on any atom is 0.287 e. The first-order chi connectivity index (χ1) is 15.5. The fourth-order valence-electron chi connectivity index (χ4n) is 3.31. The van der Waals surface area contributed by atoms with Gasteiger partial charge in [0.25, 0.3) is 11.8 Å². The molecule has 7 nitrogen and oxygen atoms in total. The van der Waals surface area contributed by atoms with E-state index in [-0.39, 0.29) is 5.69 Å². The van der Waals surface area contributed by atoms with Gasteiger partial charge in [0.2, 0.25) is 0 Å². The Balaban J connectivity index is 1.61. The lowest BCUT2D eigenvalue weighted by Crippen LogP contribution is -2.21. The largest absolute Gasteiger partial charge is 0.491 e. The smallest absolute Gasteiger partial charge is 0.287 e. The van der Waals surface area contributed by atoms with Gasteiger partial charge in [0.05, 0.1) is 23.4 Å². The second-order valence-corrected chi connectivity index (χ2v) is 9.37. The third kappa shape index (κ3) is 6.04. The zero-order chi connectivity index (χ0) is 23.8. The first kappa shape index (κ1) is 23.1. The van der Waals surface area contributed by atoms with Crippen LogP contribution >= 0.6 is 0 Å². The molecule has 0 saturated heterocycles. The van der Waals surface area contributed by atoms with Gasteiger partial charge in [0, 0.05) is 31.1 Å². The van der Waals surface area contributed by atoms with Gasteiger partial charge < -0.3 is 15.2 Å². The molecule has 3 aromatic rings. The topological polar surface area (TPSA) is 89.3 Å². The summed E-state index contributed by atoms with van der Waals surface area (Å²) in [5, 5.41) is 18.1. The van der Waals surface area contributed by atoms with Crippen LogP contribution in [0, 0.1) is 5.92 Å². The fourth-order valence-corrected chi connectivity index (χ4v) is 3.31. The van der Waals surface area contributed by atoms with E-state index in [0.29, 0.717) is 42.4 Å². The number of pyridine rings is 1. The molecule has 4 rings (SSSR count). The number of carbonyl (C=O) groups excluding carboxylic acids is 1. The molecular weight excluding hydrogens is 430 g/mol. The zero-order valence-electron chi connectivity index (χ0n) is 18.9. The summed E-state index contributed by atoms with van der Waals surface area (Å²) in [6.45, 7) is 5.28. The van der Waals surface area contributed by atoms with Crippen LogP contribution < -0.4 is 10.1 Å². The number of aliphatic hydroxyl groups is 1. The van der Waals surface area contributed by atoms with E-state index < -0.39 is 23.1 Å². The van der Waals surface area contributed by atoms with Crippen LogP contribution in [0.15, 0.2) is 36.5 Å². The number of aryl methyl sites for hydroxylation is 1. The Bertz CT molecular complexity index is 1160. The number of rotatable bonds is 9. The van der Waals surface area contributed by atoms with Crippen LogP contribution in [-0.4, -0.2) is 38.0 Å². The highest BCUT2D eigenvalue weighted by Crippen LogP contribution is 2.34. The molecule has 2 aromatic heterocycles. The lowest BCUT2D eigenvalue weighted by atomic mass is 10.1. The second-order valence-electron chi connectivity index (χ2n) is 9.37. The van der Waals surface area contributed by atoms with Crippen LogP contribution in [-0.2, 0) is 12.5 Å². The van der Waals surface area contributed by atoms with Crippen molar-refractivity contribution in [3.63, 3.8) is 0 Å². The van der Waals surface area contributed by atoms with Gasteiger partial charge in [-0.2, -0.15) is 13.9 Å². The first-order valence-electron chi connectivity index (χ1n) is 11.0. The number of alkyl halides is 2. The maximum absolute atomic E-state index is 13.6. The number of nitrogens with zero attached hydrogens (tertiary/aromatic N) is 3. The van der Waals surface area contributed by atoms with E-state index in [2.05, 4.69) is 15.4 Å². The molecule has 0 aliphatic heterocycles. The molecule has 1 aliphatic carbocycles. The van der Waals surface area contributed by atoms with Crippen molar-refractivity contribution in [2.45, 2.75) is 58.1 Å². The standard InChI is InChI=1S/C24H28F2N4O3/c1-23(2,32)9-10-30-13-16-11-19(20(12-18(16)29-30)33-14-15-7-8-15)28-22(31)17-5-4-6-21(27-17)24(3,25)26/h4-6,11-13,15,32H,7-10,14H2,1-3H3,(H,28,31). The van der Waals surface area contributed by atoms with E-state index in [4.69, 9.17) is 4.74 Å². The minimum Gasteiger partial charge on any atom is -0.491 e. The Kier molecular flexibility index (Phi) is 6.09. The van der Waals surface area contributed by atoms with Crippen LogP contribution in [0.2, 0.25) is 0 Å². The fraction of sp³-hybridized carbons (Fsp3) is 0.458. The molecule has 33 heavy (non-hydrogen) atoms. The molecule has 2 heterocycles. The number of hydrogen-bond donors (Lipinski definition) is 2. The summed E-state index contributed by atoms with van der Waals surface area (Å²) in [6, 6.07) is 7.48.